The second kappa shape index (κ2) is 5.08. The van der Waals surface area contributed by atoms with E-state index in [0.717, 1.165) is 4.90 Å². The van der Waals surface area contributed by atoms with Crippen LogP contribution >= 0.6 is 23.4 Å². The summed E-state index contributed by atoms with van der Waals surface area (Å²) in [5.41, 5.74) is 0. The lowest BCUT2D eigenvalue weighted by Gasteiger charge is -2.35. The number of halogens is 1. The van der Waals surface area contributed by atoms with E-state index < -0.39 is 0 Å². The van der Waals surface area contributed by atoms with Gasteiger partial charge < -0.3 is 10.0 Å². The lowest BCUT2D eigenvalue weighted by Crippen LogP contribution is -2.54. The van der Waals surface area contributed by atoms with Crippen molar-refractivity contribution in [1.82, 2.24) is 4.90 Å². The van der Waals surface area contributed by atoms with Crippen LogP contribution in [0.5, 0.6) is 0 Å². The molecular formula is C11H12ClNO2S. The van der Waals surface area contributed by atoms with Crippen LogP contribution in [-0.2, 0) is 4.79 Å². The van der Waals surface area contributed by atoms with Crippen molar-refractivity contribution < 1.29 is 9.90 Å². The van der Waals surface area contributed by atoms with Gasteiger partial charge in [0.2, 0.25) is 5.91 Å². The number of aliphatic hydroxyl groups is 1. The van der Waals surface area contributed by atoms with Crippen LogP contribution in [0.25, 0.3) is 0 Å². The summed E-state index contributed by atoms with van der Waals surface area (Å²) in [6.07, 6.45) is -0.339. The molecule has 1 aliphatic rings. The van der Waals surface area contributed by atoms with E-state index in [2.05, 4.69) is 0 Å². The molecule has 0 radical (unpaired) electrons. The number of hydrogen-bond acceptors (Lipinski definition) is 3. The van der Waals surface area contributed by atoms with E-state index in [4.69, 9.17) is 16.7 Å². The van der Waals surface area contributed by atoms with Crippen molar-refractivity contribution >= 4 is 29.3 Å². The molecule has 0 aliphatic carbocycles. The van der Waals surface area contributed by atoms with E-state index in [0.29, 0.717) is 23.9 Å². The summed E-state index contributed by atoms with van der Waals surface area (Å²) in [7, 11) is 0. The summed E-state index contributed by atoms with van der Waals surface area (Å²) >= 11 is 7.40. The average Bonchev–Trinajstić information content (AvgIpc) is 2.23. The molecule has 1 fully saturated rings. The molecule has 86 valence electrons. The minimum atomic E-state index is -0.339. The Labute approximate surface area is 103 Å². The van der Waals surface area contributed by atoms with Crippen molar-refractivity contribution in [3.63, 3.8) is 0 Å². The number of aliphatic hydroxyl groups excluding tert-OH is 1. The summed E-state index contributed by atoms with van der Waals surface area (Å²) in [5.74, 6) is 0.423. The number of rotatable bonds is 3. The van der Waals surface area contributed by atoms with E-state index in [-0.39, 0.29) is 12.0 Å². The number of carbonyl (C=O) groups excluding carboxylic acids is 1. The first-order valence-electron chi connectivity index (χ1n) is 5.00. The van der Waals surface area contributed by atoms with Gasteiger partial charge in [-0.15, -0.1) is 11.8 Å². The first-order chi connectivity index (χ1) is 7.66. The number of β-amino-alcohol motifs (C(OH)–C–C–N with tert-alkyl or cyclic N) is 1. The highest BCUT2D eigenvalue weighted by Crippen LogP contribution is 2.27. The molecule has 1 aromatic carbocycles. The molecule has 1 amide bonds. The van der Waals surface area contributed by atoms with Crippen molar-refractivity contribution in [2.45, 2.75) is 11.0 Å². The zero-order valence-electron chi connectivity index (χ0n) is 8.60. The minimum Gasteiger partial charge on any atom is -0.389 e. The highest BCUT2D eigenvalue weighted by Gasteiger charge is 2.28. The Bertz CT molecular complexity index is 393. The third kappa shape index (κ3) is 2.70. The Hall–Kier alpha value is -0.710. The molecule has 1 N–H and O–H groups in total. The molecule has 5 heteroatoms. The molecule has 3 nitrogen and oxygen atoms in total. The predicted octanol–water partition coefficient (Wildman–Crippen LogP) is 1.64. The summed E-state index contributed by atoms with van der Waals surface area (Å²) in [5, 5.41) is 9.75. The van der Waals surface area contributed by atoms with Crippen molar-refractivity contribution in [1.29, 1.82) is 0 Å². The molecule has 0 atom stereocenters. The van der Waals surface area contributed by atoms with Gasteiger partial charge in [0, 0.05) is 18.0 Å². The smallest absolute Gasteiger partial charge is 0.233 e. The van der Waals surface area contributed by atoms with Crippen LogP contribution in [0.1, 0.15) is 0 Å². The Morgan fingerprint density at radius 3 is 2.81 bits per heavy atom. The second-order valence-electron chi connectivity index (χ2n) is 3.67. The third-order valence-electron chi connectivity index (χ3n) is 2.40. The van der Waals surface area contributed by atoms with Gasteiger partial charge in [-0.05, 0) is 12.1 Å². The normalized spacial score (nSPS) is 16.0. The number of likely N-dealkylation sites (tertiary alicyclic amines) is 1. The Morgan fingerprint density at radius 2 is 2.19 bits per heavy atom. The van der Waals surface area contributed by atoms with Gasteiger partial charge >= 0.3 is 0 Å². The Kier molecular flexibility index (Phi) is 3.74. The van der Waals surface area contributed by atoms with Gasteiger partial charge in [0.15, 0.2) is 0 Å². The summed E-state index contributed by atoms with van der Waals surface area (Å²) in [6, 6.07) is 7.46. The number of amides is 1. The minimum absolute atomic E-state index is 0.0511. The van der Waals surface area contributed by atoms with E-state index in [1.54, 1.807) is 4.90 Å². The SMILES string of the molecule is O=C(CSc1ccccc1Cl)N1CC(O)C1. The van der Waals surface area contributed by atoms with Crippen LogP contribution in [-0.4, -0.2) is 40.9 Å². The zero-order chi connectivity index (χ0) is 11.5. The molecular weight excluding hydrogens is 246 g/mol. The van der Waals surface area contributed by atoms with Gasteiger partial charge in [-0.3, -0.25) is 4.79 Å². The van der Waals surface area contributed by atoms with Gasteiger partial charge in [0.1, 0.15) is 0 Å². The number of carbonyl (C=O) groups is 1. The van der Waals surface area contributed by atoms with Crippen molar-refractivity contribution in [2.24, 2.45) is 0 Å². The fourth-order valence-electron chi connectivity index (χ4n) is 1.45. The monoisotopic (exact) mass is 257 g/mol. The van der Waals surface area contributed by atoms with Gasteiger partial charge in [-0.25, -0.2) is 0 Å². The van der Waals surface area contributed by atoms with Gasteiger partial charge in [-0.2, -0.15) is 0 Å². The van der Waals surface area contributed by atoms with Gasteiger partial charge in [-0.1, -0.05) is 23.7 Å². The highest BCUT2D eigenvalue weighted by atomic mass is 35.5. The van der Waals surface area contributed by atoms with E-state index in [1.807, 2.05) is 24.3 Å². The molecule has 0 aromatic heterocycles. The van der Waals surface area contributed by atoms with Crippen LogP contribution in [0.4, 0.5) is 0 Å². The molecule has 0 saturated carbocycles. The molecule has 1 saturated heterocycles. The molecule has 2 rings (SSSR count). The first-order valence-corrected chi connectivity index (χ1v) is 6.36. The highest BCUT2D eigenvalue weighted by molar-refractivity contribution is 8.00. The van der Waals surface area contributed by atoms with Crippen molar-refractivity contribution in [3.05, 3.63) is 29.3 Å². The summed E-state index contributed by atoms with van der Waals surface area (Å²) in [6.45, 7) is 0.920. The fraction of sp³-hybridized carbons (Fsp3) is 0.364. The molecule has 1 heterocycles. The third-order valence-corrected chi connectivity index (χ3v) is 3.90. The Balaban J connectivity index is 1.83. The van der Waals surface area contributed by atoms with E-state index in [1.165, 1.54) is 11.8 Å². The maximum atomic E-state index is 11.6. The molecule has 16 heavy (non-hydrogen) atoms. The van der Waals surface area contributed by atoms with Crippen LogP contribution in [0.15, 0.2) is 29.2 Å². The zero-order valence-corrected chi connectivity index (χ0v) is 10.2. The van der Waals surface area contributed by atoms with Gasteiger partial charge in [0.25, 0.3) is 0 Å². The van der Waals surface area contributed by atoms with Gasteiger partial charge in [0.05, 0.1) is 16.9 Å². The largest absolute Gasteiger partial charge is 0.389 e. The van der Waals surface area contributed by atoms with E-state index in [9.17, 15) is 4.79 Å². The fourth-order valence-corrected chi connectivity index (χ4v) is 2.59. The predicted molar refractivity (Wildman–Crippen MR) is 64.8 cm³/mol. The van der Waals surface area contributed by atoms with Crippen molar-refractivity contribution in [3.8, 4) is 0 Å². The summed E-state index contributed by atoms with van der Waals surface area (Å²) in [4.78, 5) is 14.2. The number of benzene rings is 1. The first kappa shape index (κ1) is 11.8. The lowest BCUT2D eigenvalue weighted by atomic mass is 10.2. The molecule has 1 aromatic rings. The maximum Gasteiger partial charge on any atom is 0.233 e. The number of nitrogens with zero attached hydrogens (tertiary/aromatic N) is 1. The quantitative estimate of drug-likeness (QED) is 0.837. The lowest BCUT2D eigenvalue weighted by molar-refractivity contribution is -0.138. The molecule has 0 unspecified atom stereocenters. The van der Waals surface area contributed by atoms with Crippen LogP contribution in [0.2, 0.25) is 5.02 Å². The Morgan fingerprint density at radius 1 is 1.50 bits per heavy atom. The molecule has 0 bridgehead atoms. The maximum absolute atomic E-state index is 11.6. The van der Waals surface area contributed by atoms with Crippen molar-refractivity contribution in [2.75, 3.05) is 18.8 Å². The second-order valence-corrected chi connectivity index (χ2v) is 5.10. The van der Waals surface area contributed by atoms with E-state index >= 15 is 0 Å². The molecule has 0 spiro atoms. The number of hydrogen-bond donors (Lipinski definition) is 1. The van der Waals surface area contributed by atoms with Crippen LogP contribution < -0.4 is 0 Å². The van der Waals surface area contributed by atoms with Crippen LogP contribution in [0, 0.1) is 0 Å². The number of thioether (sulfide) groups is 1. The molecule has 1 aliphatic heterocycles. The summed E-state index contributed by atoms with van der Waals surface area (Å²) < 4.78 is 0. The van der Waals surface area contributed by atoms with Crippen LogP contribution in [0.3, 0.4) is 0 Å². The topological polar surface area (TPSA) is 40.5 Å². The average molecular weight is 258 g/mol. The standard InChI is InChI=1S/C11H12ClNO2S/c12-9-3-1-2-4-10(9)16-7-11(15)13-5-8(14)6-13/h1-4,8,14H,5-7H2.